The third-order valence-corrected chi connectivity index (χ3v) is 2.70. The third-order valence-electron chi connectivity index (χ3n) is 2.34. The van der Waals surface area contributed by atoms with Gasteiger partial charge in [0.1, 0.15) is 5.71 Å². The molecular formula is C10H9ClN2O. The van der Waals surface area contributed by atoms with Gasteiger partial charge in [0.2, 0.25) is 0 Å². The molecular weight excluding hydrogens is 200 g/mol. The van der Waals surface area contributed by atoms with Crippen LogP contribution in [0, 0.1) is 5.41 Å². The number of carbonyl (C=O) groups is 1. The molecule has 1 aliphatic rings. The van der Waals surface area contributed by atoms with Crippen LogP contribution in [0.1, 0.15) is 18.1 Å². The van der Waals surface area contributed by atoms with Gasteiger partial charge in [-0.25, -0.2) is 0 Å². The molecule has 0 saturated heterocycles. The Labute approximate surface area is 86.6 Å². The van der Waals surface area contributed by atoms with Gasteiger partial charge in [-0.3, -0.25) is 10.2 Å². The Kier molecular flexibility index (Phi) is 2.04. The minimum absolute atomic E-state index is 0.0198. The van der Waals surface area contributed by atoms with E-state index in [0.717, 1.165) is 12.0 Å². The molecule has 72 valence electrons. The summed E-state index contributed by atoms with van der Waals surface area (Å²) in [7, 11) is 0. The molecule has 0 aliphatic carbocycles. The van der Waals surface area contributed by atoms with Gasteiger partial charge >= 0.3 is 0 Å². The average molecular weight is 209 g/mol. The third kappa shape index (κ3) is 1.13. The topological polar surface area (TPSA) is 53.0 Å². The van der Waals surface area contributed by atoms with Crippen LogP contribution in [0.3, 0.4) is 0 Å². The highest BCUT2D eigenvalue weighted by molar-refractivity contribution is 6.53. The van der Waals surface area contributed by atoms with Crippen LogP contribution >= 0.6 is 11.6 Å². The van der Waals surface area contributed by atoms with E-state index < -0.39 is 0 Å². The summed E-state index contributed by atoms with van der Waals surface area (Å²) in [5.74, 6) is -0.350. The lowest BCUT2D eigenvalue weighted by atomic mass is 10.0. The van der Waals surface area contributed by atoms with Crippen LogP contribution < -0.4 is 5.32 Å². The van der Waals surface area contributed by atoms with E-state index in [4.69, 9.17) is 17.0 Å². The normalized spacial score (nSPS) is 14.1. The highest BCUT2D eigenvalue weighted by Crippen LogP contribution is 2.32. The molecule has 0 bridgehead atoms. The zero-order chi connectivity index (χ0) is 10.3. The number of hydrogen-bond acceptors (Lipinski definition) is 2. The summed E-state index contributed by atoms with van der Waals surface area (Å²) in [6.07, 6.45) is 0.746. The minimum Gasteiger partial charge on any atom is -0.320 e. The largest absolute Gasteiger partial charge is 0.320 e. The van der Waals surface area contributed by atoms with E-state index in [0.29, 0.717) is 16.3 Å². The predicted molar refractivity (Wildman–Crippen MR) is 56.3 cm³/mol. The first-order valence-corrected chi connectivity index (χ1v) is 4.74. The van der Waals surface area contributed by atoms with Crippen molar-refractivity contribution in [1.82, 2.24) is 0 Å². The van der Waals surface area contributed by atoms with Crippen molar-refractivity contribution in [2.45, 2.75) is 13.3 Å². The SMILES string of the molecule is CCc1c(Cl)ccc2c1NC(=O)C2=N. The quantitative estimate of drug-likeness (QED) is 0.731. The Hall–Kier alpha value is -1.35. The molecule has 2 N–H and O–H groups in total. The van der Waals surface area contributed by atoms with Gasteiger partial charge in [0.15, 0.2) is 0 Å². The number of halogens is 1. The van der Waals surface area contributed by atoms with Crippen LogP contribution in [-0.4, -0.2) is 11.6 Å². The zero-order valence-electron chi connectivity index (χ0n) is 7.65. The average Bonchev–Trinajstić information content (AvgIpc) is 2.43. The Morgan fingerprint density at radius 2 is 2.21 bits per heavy atom. The molecule has 0 atom stereocenters. The molecule has 1 aromatic carbocycles. The van der Waals surface area contributed by atoms with Gasteiger partial charge in [-0.2, -0.15) is 0 Å². The monoisotopic (exact) mass is 208 g/mol. The molecule has 1 aromatic rings. The summed E-state index contributed by atoms with van der Waals surface area (Å²) in [6.45, 7) is 1.97. The van der Waals surface area contributed by atoms with E-state index in [2.05, 4.69) is 5.32 Å². The van der Waals surface area contributed by atoms with Gasteiger partial charge < -0.3 is 5.32 Å². The maximum absolute atomic E-state index is 11.2. The number of hydrogen-bond donors (Lipinski definition) is 2. The highest BCUT2D eigenvalue weighted by Gasteiger charge is 2.26. The molecule has 1 heterocycles. The van der Waals surface area contributed by atoms with Crippen LogP contribution in [0.4, 0.5) is 5.69 Å². The number of amides is 1. The van der Waals surface area contributed by atoms with Crippen molar-refractivity contribution in [2.24, 2.45) is 0 Å². The van der Waals surface area contributed by atoms with Crippen LogP contribution in [0.15, 0.2) is 12.1 Å². The fourth-order valence-corrected chi connectivity index (χ4v) is 1.91. The second-order valence-corrected chi connectivity index (χ2v) is 3.54. The summed E-state index contributed by atoms with van der Waals surface area (Å²) < 4.78 is 0. The molecule has 0 aromatic heterocycles. The Balaban J connectivity index is 2.67. The molecule has 3 nitrogen and oxygen atoms in total. The van der Waals surface area contributed by atoms with Gasteiger partial charge in [-0.15, -0.1) is 0 Å². The molecule has 1 aliphatic heterocycles. The maximum Gasteiger partial charge on any atom is 0.274 e. The van der Waals surface area contributed by atoms with Gasteiger partial charge in [0.05, 0.1) is 5.69 Å². The van der Waals surface area contributed by atoms with Gasteiger partial charge in [-0.1, -0.05) is 18.5 Å². The number of nitrogens with one attached hydrogen (secondary N) is 2. The van der Waals surface area contributed by atoms with Gasteiger partial charge in [0, 0.05) is 10.6 Å². The zero-order valence-corrected chi connectivity index (χ0v) is 8.40. The van der Waals surface area contributed by atoms with E-state index in [1.54, 1.807) is 12.1 Å². The number of carbonyl (C=O) groups excluding carboxylic acids is 1. The van der Waals surface area contributed by atoms with E-state index in [9.17, 15) is 4.79 Å². The van der Waals surface area contributed by atoms with Crippen molar-refractivity contribution in [3.05, 3.63) is 28.3 Å². The Morgan fingerprint density at radius 1 is 1.50 bits per heavy atom. The maximum atomic E-state index is 11.2. The molecule has 4 heteroatoms. The molecule has 0 spiro atoms. The second-order valence-electron chi connectivity index (χ2n) is 3.13. The van der Waals surface area contributed by atoms with Crippen LogP contribution in [0.2, 0.25) is 5.02 Å². The standard InChI is InChI=1S/C10H9ClN2O/c1-2-5-7(11)4-3-6-8(12)10(14)13-9(5)6/h3-4H,2H2,1H3,(H2,12,13,14). The molecule has 0 saturated carbocycles. The van der Waals surface area contributed by atoms with Crippen molar-refractivity contribution in [2.75, 3.05) is 5.32 Å². The first-order chi connectivity index (χ1) is 6.65. The van der Waals surface area contributed by atoms with Crippen LogP contribution in [0.5, 0.6) is 0 Å². The van der Waals surface area contributed by atoms with Crippen molar-refractivity contribution < 1.29 is 4.79 Å². The number of anilines is 1. The lowest BCUT2D eigenvalue weighted by molar-refractivity contribution is -0.110. The predicted octanol–water partition coefficient (Wildman–Crippen LogP) is 2.22. The lowest BCUT2D eigenvalue weighted by Crippen LogP contribution is -2.12. The summed E-state index contributed by atoms with van der Waals surface area (Å²) in [4.78, 5) is 11.2. The second kappa shape index (κ2) is 3.10. The molecule has 2 rings (SSSR count). The van der Waals surface area contributed by atoms with Crippen molar-refractivity contribution in [3.8, 4) is 0 Å². The first-order valence-electron chi connectivity index (χ1n) is 4.36. The minimum atomic E-state index is -0.350. The number of rotatable bonds is 1. The van der Waals surface area contributed by atoms with E-state index in [-0.39, 0.29) is 11.6 Å². The van der Waals surface area contributed by atoms with Crippen LogP contribution in [-0.2, 0) is 11.2 Å². The number of benzene rings is 1. The molecule has 0 fully saturated rings. The van der Waals surface area contributed by atoms with E-state index >= 15 is 0 Å². The summed E-state index contributed by atoms with van der Waals surface area (Å²) in [5, 5.41) is 10.8. The van der Waals surface area contributed by atoms with Crippen LogP contribution in [0.25, 0.3) is 0 Å². The smallest absolute Gasteiger partial charge is 0.274 e. The highest BCUT2D eigenvalue weighted by atomic mass is 35.5. The molecule has 1 amide bonds. The first kappa shape index (κ1) is 9.21. The summed E-state index contributed by atoms with van der Waals surface area (Å²) in [5.41, 5.74) is 2.28. The fraction of sp³-hybridized carbons (Fsp3) is 0.200. The summed E-state index contributed by atoms with van der Waals surface area (Å²) in [6, 6.07) is 3.44. The molecule has 14 heavy (non-hydrogen) atoms. The molecule has 0 unspecified atom stereocenters. The lowest BCUT2D eigenvalue weighted by Gasteiger charge is -2.06. The molecule has 0 radical (unpaired) electrons. The summed E-state index contributed by atoms with van der Waals surface area (Å²) >= 11 is 5.98. The Morgan fingerprint density at radius 3 is 2.86 bits per heavy atom. The fourth-order valence-electron chi connectivity index (χ4n) is 1.62. The van der Waals surface area contributed by atoms with E-state index in [1.165, 1.54) is 0 Å². The Bertz CT molecular complexity index is 440. The number of fused-ring (bicyclic) bond motifs is 1. The van der Waals surface area contributed by atoms with E-state index in [1.807, 2.05) is 6.92 Å². The van der Waals surface area contributed by atoms with Gasteiger partial charge in [0.25, 0.3) is 5.91 Å². The van der Waals surface area contributed by atoms with Gasteiger partial charge in [-0.05, 0) is 24.1 Å². The van der Waals surface area contributed by atoms with Crippen molar-refractivity contribution in [1.29, 1.82) is 5.41 Å². The van der Waals surface area contributed by atoms with Crippen molar-refractivity contribution in [3.63, 3.8) is 0 Å². The van der Waals surface area contributed by atoms with Crippen molar-refractivity contribution >= 4 is 28.9 Å².